The highest BCUT2D eigenvalue weighted by Gasteiger charge is 2.18. The summed E-state index contributed by atoms with van der Waals surface area (Å²) in [5.74, 6) is -0.135. The van der Waals surface area contributed by atoms with Crippen LogP contribution in [0, 0.1) is 0 Å². The summed E-state index contributed by atoms with van der Waals surface area (Å²) in [6.45, 7) is 7.40. The number of aryl methyl sites for hydroxylation is 1. The molecule has 1 aromatic heterocycles. The number of nitrogens with one attached hydrogen (secondary N) is 1. The molecule has 8 nitrogen and oxygen atoms in total. The summed E-state index contributed by atoms with van der Waals surface area (Å²) in [5, 5.41) is 6.60. The molecule has 8 heteroatoms. The molecule has 1 unspecified atom stereocenters. The number of aromatic nitrogens is 2. The van der Waals surface area contributed by atoms with Crippen LogP contribution in [-0.4, -0.2) is 47.2 Å². The van der Waals surface area contributed by atoms with Crippen molar-refractivity contribution in [1.82, 2.24) is 15.1 Å². The largest absolute Gasteiger partial charge is 0.473 e. The number of carbonyl (C=O) groups is 2. The molecule has 0 spiro atoms. The first-order valence-electron chi connectivity index (χ1n) is 6.88. The lowest BCUT2D eigenvalue weighted by Gasteiger charge is -2.21. The SMILES string of the molecule is COC(=O)c1cc(OC(C)CNC(=O)OC(C)(C)C)n(C)n1. The van der Waals surface area contributed by atoms with Gasteiger partial charge in [0.15, 0.2) is 5.69 Å². The van der Waals surface area contributed by atoms with Crippen LogP contribution < -0.4 is 10.1 Å². The van der Waals surface area contributed by atoms with E-state index < -0.39 is 17.7 Å². The molecule has 0 aromatic carbocycles. The third kappa shape index (κ3) is 5.63. The Balaban J connectivity index is 2.52. The van der Waals surface area contributed by atoms with E-state index in [0.29, 0.717) is 5.88 Å². The molecule has 0 aliphatic heterocycles. The van der Waals surface area contributed by atoms with Crippen molar-refractivity contribution in [2.75, 3.05) is 13.7 Å². The van der Waals surface area contributed by atoms with E-state index in [-0.39, 0.29) is 18.3 Å². The fraction of sp³-hybridized carbons (Fsp3) is 0.643. The minimum absolute atomic E-state index is 0.160. The van der Waals surface area contributed by atoms with Crippen LogP contribution in [0.4, 0.5) is 4.79 Å². The lowest BCUT2D eigenvalue weighted by molar-refractivity contribution is 0.0502. The van der Waals surface area contributed by atoms with Crippen molar-refractivity contribution in [3.63, 3.8) is 0 Å². The van der Waals surface area contributed by atoms with Crippen molar-refractivity contribution in [1.29, 1.82) is 0 Å². The number of ether oxygens (including phenoxy) is 3. The van der Waals surface area contributed by atoms with Gasteiger partial charge in [0.25, 0.3) is 0 Å². The van der Waals surface area contributed by atoms with Crippen molar-refractivity contribution < 1.29 is 23.8 Å². The Labute approximate surface area is 129 Å². The van der Waals surface area contributed by atoms with Crippen molar-refractivity contribution >= 4 is 12.1 Å². The van der Waals surface area contributed by atoms with E-state index >= 15 is 0 Å². The number of amides is 1. The second kappa shape index (κ2) is 7.15. The predicted molar refractivity (Wildman–Crippen MR) is 78.9 cm³/mol. The first-order chi connectivity index (χ1) is 10.1. The summed E-state index contributed by atoms with van der Waals surface area (Å²) in [6, 6.07) is 1.48. The molecule has 0 radical (unpaired) electrons. The average molecular weight is 313 g/mol. The highest BCUT2D eigenvalue weighted by Crippen LogP contribution is 2.14. The molecule has 1 aromatic rings. The Hall–Kier alpha value is -2.25. The Bertz CT molecular complexity index is 533. The summed E-state index contributed by atoms with van der Waals surface area (Å²) in [5.41, 5.74) is -0.390. The van der Waals surface area contributed by atoms with Crippen molar-refractivity contribution in [2.45, 2.75) is 39.4 Å². The molecular weight excluding hydrogens is 290 g/mol. The van der Waals surface area contributed by atoms with Crippen molar-refractivity contribution in [2.24, 2.45) is 7.05 Å². The highest BCUT2D eigenvalue weighted by molar-refractivity contribution is 5.87. The van der Waals surface area contributed by atoms with E-state index in [9.17, 15) is 9.59 Å². The maximum absolute atomic E-state index is 11.5. The van der Waals surface area contributed by atoms with Gasteiger partial charge in [-0.05, 0) is 27.7 Å². The number of hydrogen-bond acceptors (Lipinski definition) is 6. The van der Waals surface area contributed by atoms with Crippen LogP contribution in [0.2, 0.25) is 0 Å². The monoisotopic (exact) mass is 313 g/mol. The van der Waals surface area contributed by atoms with Gasteiger partial charge in [-0.3, -0.25) is 0 Å². The van der Waals surface area contributed by atoms with Gasteiger partial charge in [-0.2, -0.15) is 5.10 Å². The van der Waals surface area contributed by atoms with Crippen molar-refractivity contribution in [3.05, 3.63) is 11.8 Å². The number of esters is 1. The molecule has 1 amide bonds. The fourth-order valence-corrected chi connectivity index (χ4v) is 1.55. The van der Waals surface area contributed by atoms with Gasteiger partial charge in [-0.15, -0.1) is 0 Å². The smallest absolute Gasteiger partial charge is 0.407 e. The predicted octanol–water partition coefficient (Wildman–Crippen LogP) is 1.50. The molecule has 0 saturated heterocycles. The molecule has 0 aliphatic rings. The van der Waals surface area contributed by atoms with Gasteiger partial charge in [-0.1, -0.05) is 0 Å². The lowest BCUT2D eigenvalue weighted by atomic mass is 10.2. The van der Waals surface area contributed by atoms with Gasteiger partial charge in [0.2, 0.25) is 5.88 Å². The Kier molecular flexibility index (Phi) is 5.78. The minimum Gasteiger partial charge on any atom is -0.473 e. The maximum atomic E-state index is 11.5. The number of nitrogens with zero attached hydrogens (tertiary/aromatic N) is 2. The molecule has 1 heterocycles. The second-order valence-electron chi connectivity index (χ2n) is 5.79. The van der Waals surface area contributed by atoms with Gasteiger partial charge < -0.3 is 19.5 Å². The van der Waals surface area contributed by atoms with Gasteiger partial charge in [0.1, 0.15) is 11.7 Å². The lowest BCUT2D eigenvalue weighted by Crippen LogP contribution is -2.37. The van der Waals surface area contributed by atoms with Crippen LogP contribution in [0.25, 0.3) is 0 Å². The molecule has 0 aliphatic carbocycles. The van der Waals surface area contributed by atoms with Crippen LogP contribution in [0.3, 0.4) is 0 Å². The Morgan fingerprint density at radius 1 is 1.41 bits per heavy atom. The second-order valence-corrected chi connectivity index (χ2v) is 5.79. The quantitative estimate of drug-likeness (QED) is 0.828. The van der Waals surface area contributed by atoms with Crippen LogP contribution in [0.1, 0.15) is 38.2 Å². The minimum atomic E-state index is -0.550. The topological polar surface area (TPSA) is 91.7 Å². The summed E-state index contributed by atoms with van der Waals surface area (Å²) in [7, 11) is 2.93. The maximum Gasteiger partial charge on any atom is 0.407 e. The van der Waals surface area contributed by atoms with Gasteiger partial charge in [0, 0.05) is 13.1 Å². The molecule has 0 bridgehead atoms. The van der Waals surface area contributed by atoms with E-state index in [1.165, 1.54) is 17.9 Å². The normalized spacial score (nSPS) is 12.5. The standard InChI is InChI=1S/C14H23N3O5/c1-9(8-15-13(19)22-14(2,3)4)21-11-7-10(12(18)20-6)16-17(11)5/h7,9H,8H2,1-6H3,(H,15,19). The molecule has 22 heavy (non-hydrogen) atoms. The first kappa shape index (κ1) is 17.8. The average Bonchev–Trinajstić information content (AvgIpc) is 2.75. The van der Waals surface area contributed by atoms with E-state index in [1.54, 1.807) is 34.7 Å². The molecule has 1 atom stereocenters. The van der Waals surface area contributed by atoms with E-state index in [2.05, 4.69) is 15.2 Å². The van der Waals surface area contributed by atoms with Crippen LogP contribution in [0.15, 0.2) is 6.07 Å². The summed E-state index contributed by atoms with van der Waals surface area (Å²) in [6.07, 6.45) is -0.836. The zero-order valence-electron chi connectivity index (χ0n) is 13.8. The van der Waals surface area contributed by atoms with Gasteiger partial charge in [0.05, 0.1) is 13.7 Å². The van der Waals surface area contributed by atoms with Crippen LogP contribution in [-0.2, 0) is 16.5 Å². The van der Waals surface area contributed by atoms with Gasteiger partial charge >= 0.3 is 12.1 Å². The Morgan fingerprint density at radius 3 is 2.59 bits per heavy atom. The Morgan fingerprint density at radius 2 is 2.05 bits per heavy atom. The summed E-state index contributed by atoms with van der Waals surface area (Å²) >= 11 is 0. The van der Waals surface area contributed by atoms with E-state index in [1.807, 2.05) is 0 Å². The third-order valence-electron chi connectivity index (χ3n) is 2.49. The molecule has 1 rings (SSSR count). The number of carbonyl (C=O) groups excluding carboxylic acids is 2. The first-order valence-corrected chi connectivity index (χ1v) is 6.88. The molecule has 0 fully saturated rings. The van der Waals surface area contributed by atoms with Crippen molar-refractivity contribution in [3.8, 4) is 5.88 Å². The zero-order chi connectivity index (χ0) is 16.9. The molecule has 1 N–H and O–H groups in total. The number of hydrogen-bond donors (Lipinski definition) is 1. The van der Waals surface area contributed by atoms with E-state index in [0.717, 1.165) is 0 Å². The third-order valence-corrected chi connectivity index (χ3v) is 2.49. The highest BCUT2D eigenvalue weighted by atomic mass is 16.6. The molecule has 0 saturated carbocycles. The molecule has 124 valence electrons. The number of methoxy groups -OCH3 is 1. The summed E-state index contributed by atoms with van der Waals surface area (Å²) in [4.78, 5) is 22.9. The number of alkyl carbamates (subject to hydrolysis) is 1. The van der Waals surface area contributed by atoms with Gasteiger partial charge in [-0.25, -0.2) is 14.3 Å². The molecular formula is C14H23N3O5. The van der Waals surface area contributed by atoms with Crippen LogP contribution >= 0.6 is 0 Å². The van der Waals surface area contributed by atoms with Crippen LogP contribution in [0.5, 0.6) is 5.88 Å². The number of rotatable bonds is 5. The van der Waals surface area contributed by atoms with E-state index in [4.69, 9.17) is 9.47 Å². The zero-order valence-corrected chi connectivity index (χ0v) is 13.8. The summed E-state index contributed by atoms with van der Waals surface area (Å²) < 4.78 is 16.8. The fourth-order valence-electron chi connectivity index (χ4n) is 1.55.